The van der Waals surface area contributed by atoms with Gasteiger partial charge in [0, 0.05) is 30.2 Å². The molecule has 1 aromatic carbocycles. The normalized spacial score (nSPS) is 14.7. The maximum Gasteiger partial charge on any atom is 0.226 e. The molecule has 1 aliphatic rings. The van der Waals surface area contributed by atoms with E-state index in [1.54, 1.807) is 12.1 Å². The summed E-state index contributed by atoms with van der Waals surface area (Å²) in [6.07, 6.45) is 8.93. The molecule has 2 heterocycles. The molecule has 2 N–H and O–H groups in total. The number of aromatic nitrogens is 4. The number of halogens is 1. The van der Waals surface area contributed by atoms with Crippen molar-refractivity contribution in [2.75, 3.05) is 5.32 Å². The second-order valence-corrected chi connectivity index (χ2v) is 7.91. The molecule has 0 radical (unpaired) electrons. The number of aromatic amines is 1. The molecule has 1 amide bonds. The van der Waals surface area contributed by atoms with E-state index in [4.69, 9.17) is 4.52 Å². The van der Waals surface area contributed by atoms with E-state index in [0.29, 0.717) is 42.4 Å². The third-order valence-electron chi connectivity index (χ3n) is 5.50. The van der Waals surface area contributed by atoms with Crippen molar-refractivity contribution in [3.63, 3.8) is 0 Å². The zero-order valence-corrected chi connectivity index (χ0v) is 16.9. The Balaban J connectivity index is 1.20. The fourth-order valence-electron chi connectivity index (χ4n) is 3.91. The van der Waals surface area contributed by atoms with E-state index in [9.17, 15) is 9.18 Å². The summed E-state index contributed by atoms with van der Waals surface area (Å²) in [4.78, 5) is 16.5. The lowest BCUT2D eigenvalue weighted by Gasteiger charge is -2.20. The van der Waals surface area contributed by atoms with Gasteiger partial charge in [0.1, 0.15) is 5.82 Å². The van der Waals surface area contributed by atoms with Crippen LogP contribution >= 0.6 is 0 Å². The lowest BCUT2D eigenvalue weighted by Crippen LogP contribution is -2.11. The summed E-state index contributed by atoms with van der Waals surface area (Å²) in [6.45, 7) is 0. The molecule has 1 saturated carbocycles. The number of rotatable bonds is 8. The van der Waals surface area contributed by atoms with Gasteiger partial charge in [-0.05, 0) is 43.0 Å². The van der Waals surface area contributed by atoms with E-state index in [1.807, 2.05) is 6.07 Å². The highest BCUT2D eigenvalue weighted by Crippen LogP contribution is 2.26. The molecule has 2 aromatic heterocycles. The van der Waals surface area contributed by atoms with Crippen LogP contribution in [-0.2, 0) is 17.6 Å². The van der Waals surface area contributed by atoms with Crippen molar-refractivity contribution < 1.29 is 13.7 Å². The molecule has 7 nitrogen and oxygen atoms in total. The second kappa shape index (κ2) is 9.65. The quantitative estimate of drug-likeness (QED) is 0.561. The number of hydrogen-bond acceptors (Lipinski definition) is 5. The van der Waals surface area contributed by atoms with Gasteiger partial charge in [0.05, 0.1) is 0 Å². The fraction of sp³-hybridized carbons (Fsp3) is 0.455. The standard InChI is InChI=1S/C22H26FN5O2/c23-17-11-9-16(10-12-17)22-25-21(30-28-22)8-4-7-20(29)24-19-14-18(26-27-19)13-15-5-2-1-3-6-15/h9-12,14-15H,1-8,13H2,(H2,24,26,27,29). The monoisotopic (exact) mass is 411 g/mol. The number of nitrogens with zero attached hydrogens (tertiary/aromatic N) is 3. The van der Waals surface area contributed by atoms with E-state index in [1.165, 1.54) is 44.2 Å². The summed E-state index contributed by atoms with van der Waals surface area (Å²) < 4.78 is 18.2. The number of nitrogens with one attached hydrogen (secondary N) is 2. The van der Waals surface area contributed by atoms with Crippen LogP contribution in [0.1, 0.15) is 56.5 Å². The summed E-state index contributed by atoms with van der Waals surface area (Å²) >= 11 is 0. The number of hydrogen-bond donors (Lipinski definition) is 2. The van der Waals surface area contributed by atoms with Crippen LogP contribution in [0.2, 0.25) is 0 Å². The van der Waals surface area contributed by atoms with Crippen molar-refractivity contribution in [2.24, 2.45) is 5.92 Å². The molecule has 30 heavy (non-hydrogen) atoms. The van der Waals surface area contributed by atoms with Gasteiger partial charge >= 0.3 is 0 Å². The van der Waals surface area contributed by atoms with Gasteiger partial charge in [-0.2, -0.15) is 10.1 Å². The topological polar surface area (TPSA) is 96.7 Å². The zero-order valence-electron chi connectivity index (χ0n) is 16.9. The summed E-state index contributed by atoms with van der Waals surface area (Å²) in [5.74, 6) is 1.75. The highest BCUT2D eigenvalue weighted by atomic mass is 19.1. The van der Waals surface area contributed by atoms with Crippen LogP contribution < -0.4 is 5.32 Å². The van der Waals surface area contributed by atoms with E-state index in [0.717, 1.165) is 18.0 Å². The molecule has 158 valence electrons. The first kappa shape index (κ1) is 20.3. The molecule has 0 saturated heterocycles. The molecule has 1 aliphatic carbocycles. The zero-order chi connectivity index (χ0) is 20.8. The molecule has 0 aliphatic heterocycles. The van der Waals surface area contributed by atoms with Gasteiger partial charge < -0.3 is 9.84 Å². The second-order valence-electron chi connectivity index (χ2n) is 7.91. The molecular weight excluding hydrogens is 385 g/mol. The van der Waals surface area contributed by atoms with Crippen molar-refractivity contribution >= 4 is 11.7 Å². The smallest absolute Gasteiger partial charge is 0.226 e. The third kappa shape index (κ3) is 5.52. The molecule has 0 spiro atoms. The molecule has 0 bridgehead atoms. The van der Waals surface area contributed by atoms with E-state index < -0.39 is 0 Å². The molecule has 0 atom stereocenters. The van der Waals surface area contributed by atoms with Crippen LogP contribution in [0.3, 0.4) is 0 Å². The molecule has 8 heteroatoms. The van der Waals surface area contributed by atoms with Crippen molar-refractivity contribution in [1.82, 2.24) is 20.3 Å². The number of carbonyl (C=O) groups excluding carboxylic acids is 1. The average molecular weight is 411 g/mol. The summed E-state index contributed by atoms with van der Waals surface area (Å²) in [5.41, 5.74) is 1.77. The number of anilines is 1. The maximum absolute atomic E-state index is 13.0. The first-order valence-electron chi connectivity index (χ1n) is 10.6. The van der Waals surface area contributed by atoms with Crippen molar-refractivity contribution in [1.29, 1.82) is 0 Å². The van der Waals surface area contributed by atoms with Crippen molar-refractivity contribution in [3.05, 3.63) is 47.7 Å². The summed E-state index contributed by atoms with van der Waals surface area (Å²) in [5, 5.41) is 14.0. The Morgan fingerprint density at radius 1 is 1.20 bits per heavy atom. The lowest BCUT2D eigenvalue weighted by molar-refractivity contribution is -0.116. The van der Waals surface area contributed by atoms with Gasteiger partial charge in [0.2, 0.25) is 17.6 Å². The number of aryl methyl sites for hydroxylation is 1. The van der Waals surface area contributed by atoms with E-state index >= 15 is 0 Å². The Morgan fingerprint density at radius 2 is 2.00 bits per heavy atom. The van der Waals surface area contributed by atoms with Crippen LogP contribution in [-0.4, -0.2) is 26.2 Å². The Hall–Kier alpha value is -3.03. The van der Waals surface area contributed by atoms with Crippen molar-refractivity contribution in [3.8, 4) is 11.4 Å². The maximum atomic E-state index is 13.0. The fourth-order valence-corrected chi connectivity index (χ4v) is 3.91. The highest BCUT2D eigenvalue weighted by molar-refractivity contribution is 5.89. The number of benzene rings is 1. The Bertz CT molecular complexity index is 960. The van der Waals surface area contributed by atoms with Crippen LogP contribution in [0.4, 0.5) is 10.2 Å². The van der Waals surface area contributed by atoms with E-state index in [2.05, 4.69) is 25.7 Å². The molecule has 4 rings (SSSR count). The minimum absolute atomic E-state index is 0.0935. The van der Waals surface area contributed by atoms with Crippen LogP contribution in [0, 0.1) is 11.7 Å². The first-order chi connectivity index (χ1) is 14.7. The average Bonchev–Trinajstić information content (AvgIpc) is 3.39. The summed E-state index contributed by atoms with van der Waals surface area (Å²) in [7, 11) is 0. The van der Waals surface area contributed by atoms with Gasteiger partial charge in [-0.3, -0.25) is 9.89 Å². The minimum Gasteiger partial charge on any atom is -0.339 e. The number of carbonyl (C=O) groups is 1. The Labute approximate surface area is 174 Å². The van der Waals surface area contributed by atoms with Gasteiger partial charge in [-0.15, -0.1) is 0 Å². The van der Waals surface area contributed by atoms with Gasteiger partial charge in [-0.1, -0.05) is 37.3 Å². The molecule has 0 unspecified atom stereocenters. The number of H-pyrrole nitrogens is 1. The lowest BCUT2D eigenvalue weighted by atomic mass is 9.86. The van der Waals surface area contributed by atoms with Gasteiger partial charge in [0.15, 0.2) is 5.82 Å². The first-order valence-corrected chi connectivity index (χ1v) is 10.6. The summed E-state index contributed by atoms with van der Waals surface area (Å²) in [6, 6.07) is 7.84. The Kier molecular flexibility index (Phi) is 6.51. The predicted molar refractivity (Wildman–Crippen MR) is 110 cm³/mol. The van der Waals surface area contributed by atoms with Crippen LogP contribution in [0.25, 0.3) is 11.4 Å². The SMILES string of the molecule is O=C(CCCc1nc(-c2ccc(F)cc2)no1)Nc1cc(CC2CCCCC2)[nH]n1. The molecule has 1 fully saturated rings. The number of amides is 1. The van der Waals surface area contributed by atoms with Crippen molar-refractivity contribution in [2.45, 2.75) is 57.8 Å². The molecular formula is C22H26FN5O2. The highest BCUT2D eigenvalue weighted by Gasteiger charge is 2.16. The minimum atomic E-state index is -0.313. The van der Waals surface area contributed by atoms with Crippen LogP contribution in [0.15, 0.2) is 34.9 Å². The van der Waals surface area contributed by atoms with Gasteiger partial charge in [0.25, 0.3) is 0 Å². The van der Waals surface area contributed by atoms with Crippen LogP contribution in [0.5, 0.6) is 0 Å². The third-order valence-corrected chi connectivity index (χ3v) is 5.50. The predicted octanol–water partition coefficient (Wildman–Crippen LogP) is 4.68. The Morgan fingerprint density at radius 3 is 2.80 bits per heavy atom. The largest absolute Gasteiger partial charge is 0.339 e. The van der Waals surface area contributed by atoms with Gasteiger partial charge in [-0.25, -0.2) is 4.39 Å². The molecule has 3 aromatic rings. The van der Waals surface area contributed by atoms with E-state index in [-0.39, 0.29) is 11.7 Å².